The van der Waals surface area contributed by atoms with Gasteiger partial charge in [0.15, 0.2) is 5.78 Å². The minimum atomic E-state index is -0.0625. The van der Waals surface area contributed by atoms with Crippen LogP contribution in [0.1, 0.15) is 34.1 Å². The number of rotatable bonds is 3. The molecule has 1 N–H and O–H groups in total. The highest BCUT2D eigenvalue weighted by Gasteiger charge is 2.20. The number of aryl methyl sites for hydroxylation is 2. The van der Waals surface area contributed by atoms with E-state index in [4.69, 9.17) is 0 Å². The summed E-state index contributed by atoms with van der Waals surface area (Å²) >= 11 is 0. The molecule has 2 heterocycles. The Morgan fingerprint density at radius 3 is 2.62 bits per heavy atom. The van der Waals surface area contributed by atoms with Crippen molar-refractivity contribution < 1.29 is 9.90 Å². The summed E-state index contributed by atoms with van der Waals surface area (Å²) in [6, 6.07) is 10.3. The van der Waals surface area contributed by atoms with Crippen molar-refractivity contribution in [2.75, 3.05) is 0 Å². The Kier molecular flexibility index (Phi) is 3.22. The quantitative estimate of drug-likeness (QED) is 0.750. The smallest absolute Gasteiger partial charge is 0.197 e. The van der Waals surface area contributed by atoms with Gasteiger partial charge >= 0.3 is 0 Å². The van der Waals surface area contributed by atoms with Crippen molar-refractivity contribution in [1.82, 2.24) is 9.61 Å². The Bertz CT molecular complexity index is 817. The predicted molar refractivity (Wildman–Crippen MR) is 80.8 cm³/mol. The molecule has 4 heteroatoms. The number of ketones is 1. The molecule has 0 aliphatic heterocycles. The first-order valence-corrected chi connectivity index (χ1v) is 6.91. The summed E-state index contributed by atoms with van der Waals surface area (Å²) in [6.07, 6.45) is 2.57. The van der Waals surface area contributed by atoms with Gasteiger partial charge in [-0.3, -0.25) is 4.79 Å². The molecule has 0 radical (unpaired) electrons. The van der Waals surface area contributed by atoms with Crippen LogP contribution in [-0.2, 0) is 6.42 Å². The van der Waals surface area contributed by atoms with Gasteiger partial charge in [0.05, 0.1) is 16.8 Å². The normalized spacial score (nSPS) is 11.0. The van der Waals surface area contributed by atoms with Crippen LogP contribution in [0.4, 0.5) is 0 Å². The van der Waals surface area contributed by atoms with Crippen molar-refractivity contribution >= 4 is 11.3 Å². The van der Waals surface area contributed by atoms with E-state index in [1.165, 1.54) is 12.1 Å². The second kappa shape index (κ2) is 5.05. The fourth-order valence-corrected chi connectivity index (χ4v) is 2.45. The maximum atomic E-state index is 12.8. The van der Waals surface area contributed by atoms with E-state index in [1.807, 2.05) is 32.2 Å². The minimum Gasteiger partial charge on any atom is -0.508 e. The highest BCUT2D eigenvalue weighted by Crippen LogP contribution is 2.22. The van der Waals surface area contributed by atoms with E-state index in [2.05, 4.69) is 5.10 Å². The molecule has 0 atom stereocenters. The first kappa shape index (κ1) is 13.4. The van der Waals surface area contributed by atoms with Gasteiger partial charge in [0.25, 0.3) is 0 Å². The number of aromatic hydroxyl groups is 1. The van der Waals surface area contributed by atoms with Crippen LogP contribution in [0.25, 0.3) is 5.52 Å². The standard InChI is InChI=1S/C17H16N2O2/c1-3-14-16(15-10-11(2)8-9-19(15)18-14)17(21)12-4-6-13(20)7-5-12/h4-10,20H,3H2,1-2H3. The van der Waals surface area contributed by atoms with Crippen molar-refractivity contribution in [1.29, 1.82) is 0 Å². The number of pyridine rings is 1. The zero-order chi connectivity index (χ0) is 15.0. The first-order chi connectivity index (χ1) is 10.1. The second-order valence-corrected chi connectivity index (χ2v) is 5.09. The molecule has 0 unspecified atom stereocenters. The molecule has 2 aromatic heterocycles. The van der Waals surface area contributed by atoms with E-state index in [9.17, 15) is 9.90 Å². The number of aromatic nitrogens is 2. The second-order valence-electron chi connectivity index (χ2n) is 5.09. The summed E-state index contributed by atoms with van der Waals surface area (Å²) in [5.74, 6) is 0.0884. The van der Waals surface area contributed by atoms with Gasteiger partial charge in [-0.05, 0) is 55.3 Å². The average Bonchev–Trinajstić information content (AvgIpc) is 2.85. The third kappa shape index (κ3) is 2.29. The van der Waals surface area contributed by atoms with Gasteiger partial charge in [0.2, 0.25) is 0 Å². The van der Waals surface area contributed by atoms with Gasteiger partial charge in [0.1, 0.15) is 5.75 Å². The lowest BCUT2D eigenvalue weighted by atomic mass is 10.0. The van der Waals surface area contributed by atoms with E-state index >= 15 is 0 Å². The van der Waals surface area contributed by atoms with Crippen LogP contribution in [0.3, 0.4) is 0 Å². The molecule has 0 aliphatic rings. The third-order valence-corrected chi connectivity index (χ3v) is 3.55. The topological polar surface area (TPSA) is 54.6 Å². The molecule has 106 valence electrons. The molecule has 1 aromatic carbocycles. The number of nitrogens with zero attached hydrogens (tertiary/aromatic N) is 2. The van der Waals surface area contributed by atoms with Crippen LogP contribution in [-0.4, -0.2) is 20.5 Å². The van der Waals surface area contributed by atoms with Crippen molar-refractivity contribution in [2.45, 2.75) is 20.3 Å². The summed E-state index contributed by atoms with van der Waals surface area (Å²) < 4.78 is 1.75. The van der Waals surface area contributed by atoms with Crippen LogP contribution in [0, 0.1) is 6.92 Å². The molecule has 4 nitrogen and oxygen atoms in total. The Balaban J connectivity index is 2.20. The summed E-state index contributed by atoms with van der Waals surface area (Å²) in [7, 11) is 0. The highest BCUT2D eigenvalue weighted by atomic mass is 16.3. The van der Waals surface area contributed by atoms with Gasteiger partial charge in [-0.2, -0.15) is 5.10 Å². The van der Waals surface area contributed by atoms with Gasteiger partial charge in [0, 0.05) is 11.8 Å². The average molecular weight is 280 g/mol. The molecule has 0 saturated carbocycles. The third-order valence-electron chi connectivity index (χ3n) is 3.55. The lowest BCUT2D eigenvalue weighted by molar-refractivity contribution is 0.103. The molecule has 0 bridgehead atoms. The van der Waals surface area contributed by atoms with Crippen LogP contribution >= 0.6 is 0 Å². The van der Waals surface area contributed by atoms with Crippen LogP contribution in [0.2, 0.25) is 0 Å². The fourth-order valence-electron chi connectivity index (χ4n) is 2.45. The number of phenolic OH excluding ortho intramolecular Hbond substituents is 1. The van der Waals surface area contributed by atoms with Gasteiger partial charge in [-0.1, -0.05) is 6.92 Å². The van der Waals surface area contributed by atoms with Crippen molar-refractivity contribution in [3.8, 4) is 5.75 Å². The van der Waals surface area contributed by atoms with E-state index < -0.39 is 0 Å². The number of fused-ring (bicyclic) bond motifs is 1. The molecule has 0 saturated heterocycles. The van der Waals surface area contributed by atoms with Crippen LogP contribution < -0.4 is 0 Å². The monoisotopic (exact) mass is 280 g/mol. The lowest BCUT2D eigenvalue weighted by Gasteiger charge is -2.02. The molecule has 0 fully saturated rings. The lowest BCUT2D eigenvalue weighted by Crippen LogP contribution is -2.03. The Morgan fingerprint density at radius 1 is 1.24 bits per heavy atom. The van der Waals surface area contributed by atoms with Crippen molar-refractivity contribution in [3.05, 3.63) is 65.0 Å². The summed E-state index contributed by atoms with van der Waals surface area (Å²) in [5.41, 5.74) is 3.90. The summed E-state index contributed by atoms with van der Waals surface area (Å²) in [4.78, 5) is 12.8. The predicted octanol–water partition coefficient (Wildman–Crippen LogP) is 3.14. The van der Waals surface area contributed by atoms with E-state index in [0.29, 0.717) is 17.5 Å². The van der Waals surface area contributed by atoms with Gasteiger partial charge < -0.3 is 5.11 Å². The number of carbonyl (C=O) groups is 1. The molecule has 21 heavy (non-hydrogen) atoms. The first-order valence-electron chi connectivity index (χ1n) is 6.91. The van der Waals surface area contributed by atoms with Crippen LogP contribution in [0.15, 0.2) is 42.6 Å². The highest BCUT2D eigenvalue weighted by molar-refractivity contribution is 6.14. The van der Waals surface area contributed by atoms with Crippen molar-refractivity contribution in [3.63, 3.8) is 0 Å². The van der Waals surface area contributed by atoms with Crippen LogP contribution in [0.5, 0.6) is 5.75 Å². The maximum absolute atomic E-state index is 12.8. The van der Waals surface area contributed by atoms with E-state index in [1.54, 1.807) is 16.6 Å². The zero-order valence-electron chi connectivity index (χ0n) is 12.0. The number of hydrogen-bond donors (Lipinski definition) is 1. The number of carbonyl (C=O) groups excluding carboxylic acids is 1. The summed E-state index contributed by atoms with van der Waals surface area (Å²) in [6.45, 7) is 3.98. The zero-order valence-corrected chi connectivity index (χ0v) is 12.0. The fraction of sp³-hybridized carbons (Fsp3) is 0.176. The molecule has 3 aromatic rings. The molecular weight excluding hydrogens is 264 g/mol. The Hall–Kier alpha value is -2.62. The molecular formula is C17H16N2O2. The minimum absolute atomic E-state index is 0.0625. The number of hydrogen-bond acceptors (Lipinski definition) is 3. The summed E-state index contributed by atoms with van der Waals surface area (Å²) in [5, 5.41) is 13.8. The maximum Gasteiger partial charge on any atom is 0.197 e. The van der Waals surface area contributed by atoms with Gasteiger partial charge in [-0.25, -0.2) is 4.52 Å². The number of phenols is 1. The number of benzene rings is 1. The molecule has 0 aliphatic carbocycles. The van der Waals surface area contributed by atoms with Gasteiger partial charge in [-0.15, -0.1) is 0 Å². The molecule has 0 amide bonds. The van der Waals surface area contributed by atoms with Crippen molar-refractivity contribution in [2.24, 2.45) is 0 Å². The Labute approximate surface area is 122 Å². The molecule has 0 spiro atoms. The largest absolute Gasteiger partial charge is 0.508 e. The SMILES string of the molecule is CCc1nn2ccc(C)cc2c1C(=O)c1ccc(O)cc1. The van der Waals surface area contributed by atoms with E-state index in [0.717, 1.165) is 16.8 Å². The molecule has 3 rings (SSSR count). The Morgan fingerprint density at radius 2 is 1.95 bits per heavy atom. The van der Waals surface area contributed by atoms with E-state index in [-0.39, 0.29) is 11.5 Å².